The van der Waals surface area contributed by atoms with Gasteiger partial charge in [0.25, 0.3) is 11.8 Å². The third kappa shape index (κ3) is 4.25. The quantitative estimate of drug-likeness (QED) is 0.589. The second kappa shape index (κ2) is 8.30. The van der Waals surface area contributed by atoms with Crippen LogP contribution in [0.5, 0.6) is 0 Å². The average molecular weight is 432 g/mol. The van der Waals surface area contributed by atoms with Crippen molar-refractivity contribution in [2.45, 2.75) is 26.4 Å². The maximum absolute atomic E-state index is 13.1. The molecule has 0 bridgehead atoms. The topological polar surface area (TPSA) is 101 Å². The Morgan fingerprint density at radius 2 is 1.69 bits per heavy atom. The Kier molecular flexibility index (Phi) is 5.52. The molecule has 0 spiro atoms. The SMILES string of the molecule is CC(C)(C)OC(=O)NCCN1C(=O)c2cccc3c(Nc4ccncc4)ccc(c23)C1=O. The van der Waals surface area contributed by atoms with E-state index in [9.17, 15) is 14.4 Å². The monoisotopic (exact) mass is 432 g/mol. The number of hydrogen-bond acceptors (Lipinski definition) is 6. The Bertz CT molecular complexity index is 1180. The van der Waals surface area contributed by atoms with Gasteiger partial charge in [-0.05, 0) is 51.1 Å². The van der Waals surface area contributed by atoms with Gasteiger partial charge in [-0.2, -0.15) is 0 Å². The molecule has 0 saturated heterocycles. The average Bonchev–Trinajstić information content (AvgIpc) is 2.74. The Labute approximate surface area is 185 Å². The Morgan fingerprint density at radius 3 is 2.38 bits per heavy atom. The maximum atomic E-state index is 13.1. The molecule has 0 aliphatic carbocycles. The molecule has 2 N–H and O–H groups in total. The molecule has 2 aromatic carbocycles. The van der Waals surface area contributed by atoms with Gasteiger partial charge in [0.2, 0.25) is 0 Å². The van der Waals surface area contributed by atoms with Crippen molar-refractivity contribution in [2.24, 2.45) is 0 Å². The first kappa shape index (κ1) is 21.3. The number of aromatic nitrogens is 1. The molecule has 4 rings (SSSR count). The molecule has 0 radical (unpaired) electrons. The van der Waals surface area contributed by atoms with Crippen molar-refractivity contribution in [3.63, 3.8) is 0 Å². The lowest BCUT2D eigenvalue weighted by Crippen LogP contribution is -2.45. The van der Waals surface area contributed by atoms with Crippen LogP contribution in [0.15, 0.2) is 54.9 Å². The van der Waals surface area contributed by atoms with E-state index < -0.39 is 11.7 Å². The molecule has 0 saturated carbocycles. The highest BCUT2D eigenvalue weighted by atomic mass is 16.6. The summed E-state index contributed by atoms with van der Waals surface area (Å²) < 4.78 is 5.20. The van der Waals surface area contributed by atoms with Crippen molar-refractivity contribution in [3.05, 3.63) is 66.0 Å². The number of amides is 3. The van der Waals surface area contributed by atoms with Crippen LogP contribution >= 0.6 is 0 Å². The van der Waals surface area contributed by atoms with Crippen LogP contribution in [0.3, 0.4) is 0 Å². The third-order valence-electron chi connectivity index (χ3n) is 4.95. The fourth-order valence-corrected chi connectivity index (χ4v) is 3.63. The van der Waals surface area contributed by atoms with Crippen molar-refractivity contribution in [1.82, 2.24) is 15.2 Å². The van der Waals surface area contributed by atoms with Crippen LogP contribution in [0.2, 0.25) is 0 Å². The van der Waals surface area contributed by atoms with Crippen LogP contribution in [0.4, 0.5) is 16.2 Å². The van der Waals surface area contributed by atoms with Gasteiger partial charge in [0, 0.05) is 58.8 Å². The fourth-order valence-electron chi connectivity index (χ4n) is 3.63. The van der Waals surface area contributed by atoms with Crippen molar-refractivity contribution < 1.29 is 19.1 Å². The van der Waals surface area contributed by atoms with Gasteiger partial charge in [0.05, 0.1) is 0 Å². The van der Waals surface area contributed by atoms with Gasteiger partial charge in [-0.25, -0.2) is 4.79 Å². The number of anilines is 2. The molecule has 3 aromatic rings. The standard InChI is InChI=1S/C24H24N4O4/c1-24(2,3)32-23(31)26-13-14-28-21(29)17-6-4-5-16-19(27-15-9-11-25-12-10-15)8-7-18(20(16)17)22(28)30/h4-12H,13-14H2,1-3H3,(H,25,27)(H,26,31). The van der Waals surface area contributed by atoms with Gasteiger partial charge >= 0.3 is 6.09 Å². The first-order chi connectivity index (χ1) is 15.2. The number of carbonyl (C=O) groups excluding carboxylic acids is 3. The highest BCUT2D eigenvalue weighted by molar-refractivity contribution is 6.26. The smallest absolute Gasteiger partial charge is 0.407 e. The molecular weight excluding hydrogens is 408 g/mol. The summed E-state index contributed by atoms with van der Waals surface area (Å²) in [6, 6.07) is 12.6. The van der Waals surface area contributed by atoms with Gasteiger partial charge in [-0.1, -0.05) is 12.1 Å². The van der Waals surface area contributed by atoms with E-state index in [1.807, 2.05) is 24.3 Å². The molecule has 0 atom stereocenters. The molecule has 0 unspecified atom stereocenters. The first-order valence-corrected chi connectivity index (χ1v) is 10.3. The molecule has 32 heavy (non-hydrogen) atoms. The number of ether oxygens (including phenoxy) is 1. The summed E-state index contributed by atoms with van der Waals surface area (Å²) in [6.45, 7) is 5.43. The number of rotatable bonds is 5. The zero-order valence-electron chi connectivity index (χ0n) is 18.1. The van der Waals surface area contributed by atoms with Gasteiger partial charge in [-0.3, -0.25) is 19.5 Å². The van der Waals surface area contributed by atoms with E-state index in [1.54, 1.807) is 51.4 Å². The van der Waals surface area contributed by atoms with E-state index in [-0.39, 0.29) is 24.9 Å². The first-order valence-electron chi connectivity index (χ1n) is 10.3. The van der Waals surface area contributed by atoms with E-state index in [4.69, 9.17) is 4.74 Å². The molecule has 8 heteroatoms. The van der Waals surface area contributed by atoms with Crippen molar-refractivity contribution in [3.8, 4) is 0 Å². The van der Waals surface area contributed by atoms with Crippen LogP contribution in [0.1, 0.15) is 41.5 Å². The number of imide groups is 1. The molecular formula is C24H24N4O4. The number of benzene rings is 2. The second-order valence-electron chi connectivity index (χ2n) is 8.44. The summed E-state index contributed by atoms with van der Waals surface area (Å²) in [5.74, 6) is -0.778. The van der Waals surface area contributed by atoms with Gasteiger partial charge in [0.15, 0.2) is 0 Å². The van der Waals surface area contributed by atoms with Crippen LogP contribution in [-0.4, -0.2) is 46.5 Å². The third-order valence-corrected chi connectivity index (χ3v) is 4.95. The fraction of sp³-hybridized carbons (Fsp3) is 0.250. The number of hydrogen-bond donors (Lipinski definition) is 2. The molecule has 3 amide bonds. The predicted octanol–water partition coefficient (Wildman–Crippen LogP) is 4.10. The molecule has 164 valence electrons. The number of carbonyl (C=O) groups is 3. The van der Waals surface area contributed by atoms with Crippen LogP contribution < -0.4 is 10.6 Å². The molecule has 2 heterocycles. The van der Waals surface area contributed by atoms with Crippen LogP contribution in [0, 0.1) is 0 Å². The van der Waals surface area contributed by atoms with Crippen LogP contribution in [-0.2, 0) is 4.74 Å². The summed E-state index contributed by atoms with van der Waals surface area (Å²) in [6.07, 6.45) is 2.77. The number of alkyl carbamates (subject to hydrolysis) is 1. The van der Waals surface area contributed by atoms with E-state index in [0.29, 0.717) is 16.5 Å². The largest absolute Gasteiger partial charge is 0.444 e. The Morgan fingerprint density at radius 1 is 1.00 bits per heavy atom. The number of nitrogens with zero attached hydrogens (tertiary/aromatic N) is 2. The summed E-state index contributed by atoms with van der Waals surface area (Å²) in [5.41, 5.74) is 1.92. The molecule has 1 aromatic heterocycles. The minimum atomic E-state index is -0.628. The minimum absolute atomic E-state index is 0.0454. The van der Waals surface area contributed by atoms with E-state index in [1.165, 1.54) is 0 Å². The van der Waals surface area contributed by atoms with Crippen LogP contribution in [0.25, 0.3) is 10.8 Å². The molecule has 1 aliphatic heterocycles. The van der Waals surface area contributed by atoms with E-state index >= 15 is 0 Å². The zero-order valence-corrected chi connectivity index (χ0v) is 18.1. The molecule has 1 aliphatic rings. The van der Waals surface area contributed by atoms with Gasteiger partial charge in [-0.15, -0.1) is 0 Å². The second-order valence-corrected chi connectivity index (χ2v) is 8.44. The number of nitrogens with one attached hydrogen (secondary N) is 2. The Hall–Kier alpha value is -3.94. The van der Waals surface area contributed by atoms with E-state index in [0.717, 1.165) is 21.7 Å². The highest BCUT2D eigenvalue weighted by Gasteiger charge is 2.33. The predicted molar refractivity (Wildman–Crippen MR) is 121 cm³/mol. The summed E-state index contributed by atoms with van der Waals surface area (Å²) in [4.78, 5) is 43.3. The summed E-state index contributed by atoms with van der Waals surface area (Å²) in [5, 5.41) is 7.31. The lowest BCUT2D eigenvalue weighted by molar-refractivity contribution is 0.0496. The summed E-state index contributed by atoms with van der Waals surface area (Å²) >= 11 is 0. The Balaban J connectivity index is 1.58. The molecule has 0 fully saturated rings. The number of pyridine rings is 1. The molecule has 8 nitrogen and oxygen atoms in total. The van der Waals surface area contributed by atoms with Crippen molar-refractivity contribution in [1.29, 1.82) is 0 Å². The van der Waals surface area contributed by atoms with E-state index in [2.05, 4.69) is 15.6 Å². The maximum Gasteiger partial charge on any atom is 0.407 e. The van der Waals surface area contributed by atoms with Gasteiger partial charge in [0.1, 0.15) is 5.60 Å². The van der Waals surface area contributed by atoms with Gasteiger partial charge < -0.3 is 15.4 Å². The normalized spacial score (nSPS) is 13.3. The zero-order chi connectivity index (χ0) is 22.9. The van der Waals surface area contributed by atoms with Crippen molar-refractivity contribution >= 4 is 40.1 Å². The minimum Gasteiger partial charge on any atom is -0.444 e. The highest BCUT2D eigenvalue weighted by Crippen LogP contribution is 2.35. The lowest BCUT2D eigenvalue weighted by Gasteiger charge is -2.28. The van der Waals surface area contributed by atoms with Crippen molar-refractivity contribution in [2.75, 3.05) is 18.4 Å². The summed E-state index contributed by atoms with van der Waals surface area (Å²) in [7, 11) is 0. The lowest BCUT2D eigenvalue weighted by atomic mass is 9.93.